The first kappa shape index (κ1) is 17.0. The van der Waals surface area contributed by atoms with Crippen LogP contribution in [-0.2, 0) is 9.84 Å². The summed E-state index contributed by atoms with van der Waals surface area (Å²) < 4.78 is 28.5. The average Bonchev–Trinajstić information content (AvgIpc) is 2.37. The van der Waals surface area contributed by atoms with E-state index in [0.717, 1.165) is 5.56 Å². The number of ether oxygens (including phenoxy) is 1. The van der Waals surface area contributed by atoms with Crippen LogP contribution in [0.2, 0.25) is 0 Å². The van der Waals surface area contributed by atoms with Crippen LogP contribution < -0.4 is 4.74 Å². The first-order valence-corrected chi connectivity index (χ1v) is 8.45. The van der Waals surface area contributed by atoms with Gasteiger partial charge < -0.3 is 9.84 Å². The fourth-order valence-corrected chi connectivity index (χ4v) is 2.51. The van der Waals surface area contributed by atoms with Crippen LogP contribution in [0.15, 0.2) is 24.3 Å². The number of sulfone groups is 1. The SMILES string of the molecule is CC[C@H](O)c1ccc(OCCS(=O)(=O)C(C)(C)C)cc1. The van der Waals surface area contributed by atoms with Gasteiger partial charge >= 0.3 is 0 Å². The minimum Gasteiger partial charge on any atom is -0.493 e. The van der Waals surface area contributed by atoms with Crippen LogP contribution in [0.1, 0.15) is 45.8 Å². The van der Waals surface area contributed by atoms with Crippen molar-refractivity contribution in [3.63, 3.8) is 0 Å². The molecule has 0 heterocycles. The molecule has 1 aromatic rings. The van der Waals surface area contributed by atoms with Crippen LogP contribution in [0.5, 0.6) is 5.75 Å². The second-order valence-electron chi connectivity index (χ2n) is 5.77. The third kappa shape index (κ3) is 4.49. The summed E-state index contributed by atoms with van der Waals surface area (Å²) in [6, 6.07) is 7.08. The van der Waals surface area contributed by atoms with E-state index in [0.29, 0.717) is 12.2 Å². The van der Waals surface area contributed by atoms with Gasteiger partial charge in [-0.3, -0.25) is 0 Å². The Morgan fingerprint density at radius 2 is 1.75 bits per heavy atom. The Labute approximate surface area is 121 Å². The Morgan fingerprint density at radius 1 is 1.20 bits per heavy atom. The molecule has 0 bridgehead atoms. The summed E-state index contributed by atoms with van der Waals surface area (Å²) in [4.78, 5) is 0. The van der Waals surface area contributed by atoms with Crippen molar-refractivity contribution in [2.45, 2.75) is 45.0 Å². The van der Waals surface area contributed by atoms with Crippen molar-refractivity contribution in [1.82, 2.24) is 0 Å². The zero-order valence-electron chi connectivity index (χ0n) is 12.6. The summed E-state index contributed by atoms with van der Waals surface area (Å²) in [6.07, 6.45) is 0.189. The smallest absolute Gasteiger partial charge is 0.158 e. The molecule has 0 aliphatic rings. The van der Waals surface area contributed by atoms with Crippen molar-refractivity contribution in [2.75, 3.05) is 12.4 Å². The molecule has 0 saturated heterocycles. The van der Waals surface area contributed by atoms with Crippen molar-refractivity contribution in [1.29, 1.82) is 0 Å². The Hall–Kier alpha value is -1.07. The molecular weight excluding hydrogens is 276 g/mol. The number of benzene rings is 1. The lowest BCUT2D eigenvalue weighted by Gasteiger charge is -2.19. The molecule has 0 aliphatic carbocycles. The van der Waals surface area contributed by atoms with Crippen LogP contribution in [0.4, 0.5) is 0 Å². The van der Waals surface area contributed by atoms with Gasteiger partial charge in [-0.1, -0.05) is 19.1 Å². The minimum absolute atomic E-state index is 0.00413. The van der Waals surface area contributed by atoms with E-state index in [1.807, 2.05) is 6.92 Å². The molecule has 1 aromatic carbocycles. The van der Waals surface area contributed by atoms with Crippen LogP contribution >= 0.6 is 0 Å². The standard InChI is InChI=1S/C15H24O4S/c1-5-14(16)12-6-8-13(9-7-12)19-10-11-20(17,18)15(2,3)4/h6-9,14,16H,5,10-11H2,1-4H3/t14-/m0/s1. The van der Waals surface area contributed by atoms with Gasteiger partial charge in [0.2, 0.25) is 0 Å². The molecule has 5 heteroatoms. The summed E-state index contributed by atoms with van der Waals surface area (Å²) in [5.41, 5.74) is 0.835. The molecule has 0 saturated carbocycles. The summed E-state index contributed by atoms with van der Waals surface area (Å²) in [6.45, 7) is 7.09. The van der Waals surface area contributed by atoms with Gasteiger partial charge in [0.15, 0.2) is 9.84 Å². The zero-order valence-corrected chi connectivity index (χ0v) is 13.4. The quantitative estimate of drug-likeness (QED) is 0.877. The van der Waals surface area contributed by atoms with Gasteiger partial charge in [-0.05, 0) is 44.9 Å². The van der Waals surface area contributed by atoms with E-state index >= 15 is 0 Å². The van der Waals surface area contributed by atoms with Crippen LogP contribution in [0, 0.1) is 0 Å². The fourth-order valence-electron chi connectivity index (χ4n) is 1.60. The second kappa shape index (κ2) is 6.59. The normalized spacial score (nSPS) is 14.1. The second-order valence-corrected chi connectivity index (χ2v) is 8.64. The molecule has 1 atom stereocenters. The summed E-state index contributed by atoms with van der Waals surface area (Å²) >= 11 is 0. The molecule has 1 N–H and O–H groups in total. The highest BCUT2D eigenvalue weighted by Crippen LogP contribution is 2.20. The van der Waals surface area contributed by atoms with Crippen LogP contribution in [0.25, 0.3) is 0 Å². The van der Waals surface area contributed by atoms with Gasteiger partial charge in [0.1, 0.15) is 12.4 Å². The Kier molecular flexibility index (Phi) is 5.59. The Bertz CT molecular complexity index is 512. The van der Waals surface area contributed by atoms with E-state index in [4.69, 9.17) is 4.74 Å². The zero-order chi connectivity index (χ0) is 15.4. The lowest BCUT2D eigenvalue weighted by Crippen LogP contribution is -2.32. The van der Waals surface area contributed by atoms with Gasteiger partial charge in [0, 0.05) is 0 Å². The van der Waals surface area contributed by atoms with Crippen molar-refractivity contribution in [3.8, 4) is 5.75 Å². The molecule has 0 radical (unpaired) electrons. The predicted octanol–water partition coefficient (Wildman–Crippen LogP) is 2.72. The summed E-state index contributed by atoms with van der Waals surface area (Å²) in [7, 11) is -3.16. The number of rotatable bonds is 6. The number of aliphatic hydroxyl groups is 1. The number of hydrogen-bond acceptors (Lipinski definition) is 4. The van der Waals surface area contributed by atoms with E-state index in [9.17, 15) is 13.5 Å². The monoisotopic (exact) mass is 300 g/mol. The van der Waals surface area contributed by atoms with Gasteiger partial charge in [-0.25, -0.2) is 8.42 Å². The first-order valence-electron chi connectivity index (χ1n) is 6.80. The third-order valence-corrected chi connectivity index (χ3v) is 5.78. The van der Waals surface area contributed by atoms with E-state index in [-0.39, 0.29) is 12.4 Å². The van der Waals surface area contributed by atoms with Crippen molar-refractivity contribution < 1.29 is 18.3 Å². The molecule has 0 aliphatic heterocycles. The largest absolute Gasteiger partial charge is 0.493 e. The highest BCUT2D eigenvalue weighted by Gasteiger charge is 2.28. The highest BCUT2D eigenvalue weighted by atomic mass is 32.2. The van der Waals surface area contributed by atoms with Crippen LogP contribution in [0.3, 0.4) is 0 Å². The summed E-state index contributed by atoms with van der Waals surface area (Å²) in [5.74, 6) is 0.608. The van der Waals surface area contributed by atoms with Gasteiger partial charge in [-0.2, -0.15) is 0 Å². The maximum Gasteiger partial charge on any atom is 0.158 e. The van der Waals surface area contributed by atoms with Gasteiger partial charge in [0.05, 0.1) is 16.6 Å². The van der Waals surface area contributed by atoms with E-state index in [1.165, 1.54) is 0 Å². The molecule has 0 unspecified atom stereocenters. The Balaban J connectivity index is 2.55. The maximum absolute atomic E-state index is 11.9. The van der Waals surface area contributed by atoms with E-state index in [2.05, 4.69) is 0 Å². The van der Waals surface area contributed by atoms with E-state index in [1.54, 1.807) is 45.0 Å². The number of aliphatic hydroxyl groups excluding tert-OH is 1. The fraction of sp³-hybridized carbons (Fsp3) is 0.600. The molecular formula is C15H24O4S. The molecule has 4 nitrogen and oxygen atoms in total. The first-order chi connectivity index (χ1) is 9.17. The lowest BCUT2D eigenvalue weighted by atomic mass is 10.1. The molecule has 20 heavy (non-hydrogen) atoms. The van der Waals surface area contributed by atoms with Gasteiger partial charge in [-0.15, -0.1) is 0 Å². The van der Waals surface area contributed by atoms with Crippen LogP contribution in [-0.4, -0.2) is 30.6 Å². The van der Waals surface area contributed by atoms with Crippen molar-refractivity contribution in [3.05, 3.63) is 29.8 Å². The molecule has 114 valence electrons. The third-order valence-electron chi connectivity index (χ3n) is 3.21. The molecule has 0 amide bonds. The van der Waals surface area contributed by atoms with Crippen molar-refractivity contribution >= 4 is 9.84 Å². The Morgan fingerprint density at radius 3 is 2.20 bits per heavy atom. The molecule has 0 fully saturated rings. The molecule has 0 spiro atoms. The maximum atomic E-state index is 11.9. The predicted molar refractivity (Wildman–Crippen MR) is 80.7 cm³/mol. The molecule has 0 aromatic heterocycles. The van der Waals surface area contributed by atoms with E-state index < -0.39 is 20.7 Å². The van der Waals surface area contributed by atoms with Gasteiger partial charge in [0.25, 0.3) is 0 Å². The summed E-state index contributed by atoms with van der Waals surface area (Å²) in [5, 5.41) is 9.67. The minimum atomic E-state index is -3.16. The van der Waals surface area contributed by atoms with Crippen molar-refractivity contribution in [2.24, 2.45) is 0 Å². The lowest BCUT2D eigenvalue weighted by molar-refractivity contribution is 0.173. The topological polar surface area (TPSA) is 63.6 Å². The highest BCUT2D eigenvalue weighted by molar-refractivity contribution is 7.92. The molecule has 1 rings (SSSR count). The average molecular weight is 300 g/mol. The number of hydrogen-bond donors (Lipinski definition) is 1.